The van der Waals surface area contributed by atoms with Crippen LogP contribution >= 0.6 is 11.6 Å². The van der Waals surface area contributed by atoms with Crippen LogP contribution in [0.3, 0.4) is 0 Å². The quantitative estimate of drug-likeness (QED) is 0.796. The molecule has 0 saturated heterocycles. The first-order valence-corrected chi connectivity index (χ1v) is 6.71. The molecule has 1 unspecified atom stereocenters. The van der Waals surface area contributed by atoms with Crippen LogP contribution in [-0.4, -0.2) is 11.2 Å². The lowest BCUT2D eigenvalue weighted by Gasteiger charge is -2.10. The zero-order chi connectivity index (χ0) is 13.7. The lowest BCUT2D eigenvalue weighted by Crippen LogP contribution is -2.08. The van der Waals surface area contributed by atoms with Gasteiger partial charge in [0.15, 0.2) is 0 Å². The van der Waals surface area contributed by atoms with E-state index in [1.807, 2.05) is 42.5 Å². The van der Waals surface area contributed by atoms with Gasteiger partial charge in [0.25, 0.3) is 0 Å². The minimum Gasteiger partial charge on any atom is -0.392 e. The van der Waals surface area contributed by atoms with Crippen molar-refractivity contribution in [1.82, 2.24) is 0 Å². The predicted octanol–water partition coefficient (Wildman–Crippen LogP) is 4.49. The third-order valence-corrected chi connectivity index (χ3v) is 3.35. The number of halogens is 1. The molecular weight excluding hydrogens is 256 g/mol. The summed E-state index contributed by atoms with van der Waals surface area (Å²) in [7, 11) is 0. The lowest BCUT2D eigenvalue weighted by molar-refractivity contribution is 0.178. The summed E-state index contributed by atoms with van der Waals surface area (Å²) in [5.74, 6) is 0. The van der Waals surface area contributed by atoms with Crippen LogP contribution in [-0.2, 0) is 6.42 Å². The van der Waals surface area contributed by atoms with E-state index in [1.54, 1.807) is 6.08 Å². The second-order valence-corrected chi connectivity index (χ2v) is 4.97. The fourth-order valence-electron chi connectivity index (χ4n) is 2.11. The highest BCUT2D eigenvalue weighted by Gasteiger charge is 2.06. The Morgan fingerprint density at radius 2 is 1.95 bits per heavy atom. The summed E-state index contributed by atoms with van der Waals surface area (Å²) in [5, 5.41) is 10.6. The Bertz CT molecular complexity index is 563. The Kier molecular flexibility index (Phi) is 4.78. The summed E-state index contributed by atoms with van der Waals surface area (Å²) >= 11 is 6.20. The Balaban J connectivity index is 2.25. The molecule has 0 aromatic heterocycles. The molecule has 1 atom stereocenters. The monoisotopic (exact) mass is 272 g/mol. The topological polar surface area (TPSA) is 20.2 Å². The molecule has 0 aliphatic rings. The average molecular weight is 273 g/mol. The molecular formula is C17H17ClO. The van der Waals surface area contributed by atoms with Crippen molar-refractivity contribution in [3.63, 3.8) is 0 Å². The number of aliphatic hydroxyl groups excluding tert-OH is 1. The van der Waals surface area contributed by atoms with E-state index in [0.29, 0.717) is 12.8 Å². The molecule has 2 aromatic rings. The lowest BCUT2D eigenvalue weighted by atomic mass is 9.99. The second kappa shape index (κ2) is 6.55. The first-order chi connectivity index (χ1) is 9.20. The zero-order valence-electron chi connectivity index (χ0n) is 10.7. The SMILES string of the molecule is C=CCC(O)Cc1cccc(-c2ccccc2Cl)c1. The van der Waals surface area contributed by atoms with E-state index in [0.717, 1.165) is 21.7 Å². The molecule has 0 bridgehead atoms. The van der Waals surface area contributed by atoms with Crippen LogP contribution < -0.4 is 0 Å². The first-order valence-electron chi connectivity index (χ1n) is 6.33. The fraction of sp³-hybridized carbons (Fsp3) is 0.176. The average Bonchev–Trinajstić information content (AvgIpc) is 2.40. The van der Waals surface area contributed by atoms with Gasteiger partial charge in [-0.2, -0.15) is 0 Å². The number of aliphatic hydroxyl groups is 1. The van der Waals surface area contributed by atoms with Crippen LogP contribution in [0.1, 0.15) is 12.0 Å². The fourth-order valence-corrected chi connectivity index (χ4v) is 2.35. The van der Waals surface area contributed by atoms with Gasteiger partial charge in [0, 0.05) is 10.6 Å². The highest BCUT2D eigenvalue weighted by molar-refractivity contribution is 6.33. The van der Waals surface area contributed by atoms with Gasteiger partial charge in [-0.1, -0.05) is 60.1 Å². The van der Waals surface area contributed by atoms with Crippen LogP contribution in [0.25, 0.3) is 11.1 Å². The minimum atomic E-state index is -0.376. The third kappa shape index (κ3) is 3.69. The molecule has 1 N–H and O–H groups in total. The third-order valence-electron chi connectivity index (χ3n) is 3.02. The van der Waals surface area contributed by atoms with Gasteiger partial charge in [-0.15, -0.1) is 6.58 Å². The van der Waals surface area contributed by atoms with Gasteiger partial charge in [0.2, 0.25) is 0 Å². The molecule has 0 aliphatic carbocycles. The summed E-state index contributed by atoms with van der Waals surface area (Å²) in [4.78, 5) is 0. The predicted molar refractivity (Wildman–Crippen MR) is 81.4 cm³/mol. The van der Waals surface area contributed by atoms with Gasteiger partial charge in [0.05, 0.1) is 6.10 Å². The largest absolute Gasteiger partial charge is 0.392 e. The Hall–Kier alpha value is -1.57. The summed E-state index contributed by atoms with van der Waals surface area (Å²) in [6.45, 7) is 3.64. The maximum atomic E-state index is 9.82. The van der Waals surface area contributed by atoms with E-state index in [2.05, 4.69) is 12.6 Å². The zero-order valence-corrected chi connectivity index (χ0v) is 11.5. The number of hydrogen-bond donors (Lipinski definition) is 1. The smallest absolute Gasteiger partial charge is 0.0614 e. The molecule has 1 nitrogen and oxygen atoms in total. The van der Waals surface area contributed by atoms with E-state index in [4.69, 9.17) is 11.6 Å². The normalized spacial score (nSPS) is 12.1. The highest BCUT2D eigenvalue weighted by atomic mass is 35.5. The van der Waals surface area contributed by atoms with Crippen LogP contribution in [0.4, 0.5) is 0 Å². The van der Waals surface area contributed by atoms with Crippen molar-refractivity contribution in [2.45, 2.75) is 18.9 Å². The molecule has 0 fully saturated rings. The van der Waals surface area contributed by atoms with Crippen molar-refractivity contribution < 1.29 is 5.11 Å². The van der Waals surface area contributed by atoms with Crippen molar-refractivity contribution >= 4 is 11.6 Å². The van der Waals surface area contributed by atoms with Crippen LogP contribution in [0.5, 0.6) is 0 Å². The van der Waals surface area contributed by atoms with Crippen molar-refractivity contribution in [1.29, 1.82) is 0 Å². The minimum absolute atomic E-state index is 0.376. The molecule has 0 aliphatic heterocycles. The molecule has 0 heterocycles. The van der Waals surface area contributed by atoms with Crippen LogP contribution in [0, 0.1) is 0 Å². The molecule has 2 heteroatoms. The van der Waals surface area contributed by atoms with Gasteiger partial charge in [-0.05, 0) is 30.0 Å². The Morgan fingerprint density at radius 3 is 2.68 bits per heavy atom. The van der Waals surface area contributed by atoms with Gasteiger partial charge < -0.3 is 5.11 Å². The van der Waals surface area contributed by atoms with E-state index >= 15 is 0 Å². The molecule has 0 spiro atoms. The Morgan fingerprint density at radius 1 is 1.16 bits per heavy atom. The van der Waals surface area contributed by atoms with E-state index in [-0.39, 0.29) is 6.10 Å². The summed E-state index contributed by atoms with van der Waals surface area (Å²) < 4.78 is 0. The maximum Gasteiger partial charge on any atom is 0.0614 e. The maximum absolute atomic E-state index is 9.82. The molecule has 98 valence electrons. The molecule has 2 rings (SSSR count). The van der Waals surface area contributed by atoms with Crippen molar-refractivity contribution in [2.24, 2.45) is 0 Å². The molecule has 0 radical (unpaired) electrons. The van der Waals surface area contributed by atoms with Gasteiger partial charge in [0.1, 0.15) is 0 Å². The van der Waals surface area contributed by atoms with Gasteiger partial charge in [-0.25, -0.2) is 0 Å². The molecule has 19 heavy (non-hydrogen) atoms. The molecule has 0 amide bonds. The summed E-state index contributed by atoms with van der Waals surface area (Å²) in [5.41, 5.74) is 3.20. The van der Waals surface area contributed by atoms with Gasteiger partial charge in [-0.3, -0.25) is 0 Å². The van der Waals surface area contributed by atoms with Crippen molar-refractivity contribution in [2.75, 3.05) is 0 Å². The second-order valence-electron chi connectivity index (χ2n) is 4.56. The summed E-state index contributed by atoms with van der Waals surface area (Å²) in [6.07, 6.45) is 2.60. The number of benzene rings is 2. The number of hydrogen-bond acceptors (Lipinski definition) is 1. The highest BCUT2D eigenvalue weighted by Crippen LogP contribution is 2.28. The van der Waals surface area contributed by atoms with E-state index < -0.39 is 0 Å². The van der Waals surface area contributed by atoms with Crippen molar-refractivity contribution in [3.8, 4) is 11.1 Å². The first kappa shape index (κ1) is 13.9. The molecule has 2 aromatic carbocycles. The number of rotatable bonds is 5. The van der Waals surface area contributed by atoms with Crippen LogP contribution in [0.2, 0.25) is 5.02 Å². The van der Waals surface area contributed by atoms with Crippen molar-refractivity contribution in [3.05, 3.63) is 71.8 Å². The van der Waals surface area contributed by atoms with E-state index in [1.165, 1.54) is 0 Å². The van der Waals surface area contributed by atoms with E-state index in [9.17, 15) is 5.11 Å². The standard InChI is InChI=1S/C17H17ClO/c1-2-6-15(19)12-13-7-5-8-14(11-13)16-9-3-4-10-17(16)18/h2-5,7-11,15,19H,1,6,12H2. The van der Waals surface area contributed by atoms with Crippen LogP contribution in [0.15, 0.2) is 61.2 Å². The summed E-state index contributed by atoms with van der Waals surface area (Å²) in [6, 6.07) is 15.9. The van der Waals surface area contributed by atoms with Gasteiger partial charge >= 0.3 is 0 Å². The Labute approximate surface area is 119 Å². The molecule has 0 saturated carbocycles.